The average Bonchev–Trinajstić information content (AvgIpc) is 2.95. The number of amides is 1. The number of fused-ring (bicyclic) bond motifs is 1. The second kappa shape index (κ2) is 13.6. The van der Waals surface area contributed by atoms with Crippen molar-refractivity contribution < 1.29 is 28.7 Å². The first-order chi connectivity index (χ1) is 19.4. The van der Waals surface area contributed by atoms with E-state index in [9.17, 15) is 14.4 Å². The molecule has 1 atom stereocenters. The molecule has 1 aliphatic carbocycles. The van der Waals surface area contributed by atoms with Crippen LogP contribution in [0.1, 0.15) is 93.8 Å². The molecule has 8 heteroatoms. The number of esters is 2. The highest BCUT2D eigenvalue weighted by Gasteiger charge is 2.37. The fourth-order valence-electron chi connectivity index (χ4n) is 4.91. The first kappa shape index (κ1) is 31.6. The molecule has 0 saturated heterocycles. The van der Waals surface area contributed by atoms with Gasteiger partial charge in [-0.05, 0) is 78.0 Å². The third-order valence-electron chi connectivity index (χ3n) is 7.61. The van der Waals surface area contributed by atoms with E-state index in [4.69, 9.17) is 14.3 Å². The van der Waals surface area contributed by atoms with E-state index in [1.807, 2.05) is 19.1 Å². The van der Waals surface area contributed by atoms with Crippen molar-refractivity contribution in [3.63, 3.8) is 0 Å². The Hall–Kier alpha value is -3.94. The summed E-state index contributed by atoms with van der Waals surface area (Å²) in [4.78, 5) is 43.8. The summed E-state index contributed by atoms with van der Waals surface area (Å²) in [6, 6.07) is 12.3. The molecule has 8 nitrogen and oxygen atoms in total. The van der Waals surface area contributed by atoms with Crippen molar-refractivity contribution in [2.24, 2.45) is 5.16 Å². The molecule has 1 unspecified atom stereocenters. The van der Waals surface area contributed by atoms with Crippen LogP contribution in [0, 0.1) is 0 Å². The third-order valence-corrected chi connectivity index (χ3v) is 7.61. The van der Waals surface area contributed by atoms with Gasteiger partial charge in [-0.1, -0.05) is 71.0 Å². The lowest BCUT2D eigenvalue weighted by molar-refractivity contribution is -0.154. The zero-order valence-corrected chi connectivity index (χ0v) is 25.0. The number of ether oxygens (including phenoxy) is 2. The molecule has 0 heterocycles. The molecular formula is C33H42N2O6. The van der Waals surface area contributed by atoms with E-state index in [0.29, 0.717) is 23.2 Å². The number of unbranched alkanes of at least 4 members (excludes halogenated alkanes) is 1. The fraction of sp³-hybridized carbons (Fsp3) is 0.455. The van der Waals surface area contributed by atoms with Crippen LogP contribution in [0.2, 0.25) is 0 Å². The maximum Gasteiger partial charge on any atom is 0.349 e. The van der Waals surface area contributed by atoms with Crippen LogP contribution >= 0.6 is 0 Å². The number of carbonyl (C=O) groups is 3. The molecule has 2 aromatic carbocycles. The van der Waals surface area contributed by atoms with Gasteiger partial charge in [0.05, 0.1) is 12.7 Å². The molecule has 0 saturated carbocycles. The van der Waals surface area contributed by atoms with Crippen LogP contribution in [0.25, 0.3) is 0 Å². The lowest BCUT2D eigenvalue weighted by Gasteiger charge is -2.42. The monoisotopic (exact) mass is 562 g/mol. The van der Waals surface area contributed by atoms with Crippen LogP contribution < -0.4 is 5.32 Å². The van der Waals surface area contributed by atoms with Crippen LogP contribution in [-0.4, -0.2) is 43.4 Å². The molecular weight excluding hydrogens is 520 g/mol. The maximum atomic E-state index is 13.7. The van der Waals surface area contributed by atoms with Gasteiger partial charge in [0.1, 0.15) is 6.61 Å². The maximum absolute atomic E-state index is 13.7. The molecule has 0 aliphatic heterocycles. The number of carbonyl (C=O) groups excluding carboxylic acids is 3. The number of hydrogen-bond donors (Lipinski definition) is 1. The van der Waals surface area contributed by atoms with Crippen molar-refractivity contribution in [3.8, 4) is 0 Å². The predicted octanol–water partition coefficient (Wildman–Crippen LogP) is 6.47. The Kier molecular flexibility index (Phi) is 10.5. The highest BCUT2D eigenvalue weighted by atomic mass is 16.7. The molecule has 1 amide bonds. The number of anilines is 1. The van der Waals surface area contributed by atoms with Crippen LogP contribution in [0.5, 0.6) is 0 Å². The number of nitrogens with zero attached hydrogens (tertiary/aromatic N) is 1. The smallest absolute Gasteiger partial charge is 0.349 e. The van der Waals surface area contributed by atoms with E-state index in [2.05, 4.69) is 50.8 Å². The van der Waals surface area contributed by atoms with Crippen molar-refractivity contribution in [3.05, 3.63) is 77.4 Å². The Morgan fingerprint density at radius 2 is 1.63 bits per heavy atom. The van der Waals surface area contributed by atoms with Crippen molar-refractivity contribution in [1.29, 1.82) is 0 Å². The van der Waals surface area contributed by atoms with Crippen LogP contribution in [0.4, 0.5) is 5.69 Å². The molecule has 0 bridgehead atoms. The van der Waals surface area contributed by atoms with Crippen LogP contribution in [0.3, 0.4) is 0 Å². The second-order valence-electron chi connectivity index (χ2n) is 11.6. The molecule has 220 valence electrons. The summed E-state index contributed by atoms with van der Waals surface area (Å²) < 4.78 is 9.97. The molecule has 0 aromatic heterocycles. The van der Waals surface area contributed by atoms with Gasteiger partial charge in [0.15, 0.2) is 5.71 Å². The highest BCUT2D eigenvalue weighted by molar-refractivity contribution is 6.48. The molecule has 1 aliphatic rings. The van der Waals surface area contributed by atoms with Gasteiger partial charge in [0, 0.05) is 11.3 Å². The van der Waals surface area contributed by atoms with Gasteiger partial charge >= 0.3 is 11.9 Å². The molecule has 0 spiro atoms. The third kappa shape index (κ3) is 7.84. The van der Waals surface area contributed by atoms with E-state index in [0.717, 1.165) is 31.2 Å². The van der Waals surface area contributed by atoms with E-state index in [1.165, 1.54) is 18.7 Å². The average molecular weight is 563 g/mol. The summed E-state index contributed by atoms with van der Waals surface area (Å²) in [5, 5.41) is 7.09. The van der Waals surface area contributed by atoms with Crippen molar-refractivity contribution in [1.82, 2.24) is 0 Å². The highest BCUT2D eigenvalue weighted by Crippen LogP contribution is 2.46. The summed E-state index contributed by atoms with van der Waals surface area (Å²) in [5.41, 5.74) is 3.73. The fourth-order valence-corrected chi connectivity index (χ4v) is 4.91. The molecule has 3 rings (SSSR count). The Morgan fingerprint density at radius 3 is 2.24 bits per heavy atom. The molecule has 0 fully saturated rings. The topological polar surface area (TPSA) is 103 Å². The van der Waals surface area contributed by atoms with E-state index in [-0.39, 0.29) is 23.1 Å². The Bertz CT molecular complexity index is 1290. The summed E-state index contributed by atoms with van der Waals surface area (Å²) in [5.74, 6) is -1.55. The van der Waals surface area contributed by atoms with E-state index in [1.54, 1.807) is 24.3 Å². The number of rotatable bonds is 12. The molecule has 1 N–H and O–H groups in total. The minimum absolute atomic E-state index is 0.00411. The largest absolute Gasteiger partial charge is 0.466 e. The summed E-state index contributed by atoms with van der Waals surface area (Å²) in [7, 11) is 1.30. The zero-order valence-electron chi connectivity index (χ0n) is 25.0. The number of methoxy groups -OCH3 is 1. The van der Waals surface area contributed by atoms with Gasteiger partial charge in [-0.25, -0.2) is 9.59 Å². The standard InChI is InChI=1S/C33H42N2O6/c1-8-10-11-27(31(38)39-7)41-35-28(23-14-17-25-26(21-23)33(5,6)19-18-32(25,3)4)29(36)34-24-15-12-22(13-16-24)30(37)40-20-9-2/h9,12-17,21,27H,2,8,10-11,18-20H2,1,3-7H3,(H,34,36)/b35-28-. The minimum atomic E-state index is -0.934. The van der Waals surface area contributed by atoms with Gasteiger partial charge in [-0.15, -0.1) is 0 Å². The van der Waals surface area contributed by atoms with Crippen LogP contribution in [-0.2, 0) is 34.7 Å². The first-order valence-electron chi connectivity index (χ1n) is 14.1. The van der Waals surface area contributed by atoms with E-state index >= 15 is 0 Å². The molecule has 41 heavy (non-hydrogen) atoms. The normalized spacial score (nSPS) is 16.1. The second-order valence-corrected chi connectivity index (χ2v) is 11.6. The Morgan fingerprint density at radius 1 is 1.00 bits per heavy atom. The number of hydrogen-bond acceptors (Lipinski definition) is 7. The molecule has 2 aromatic rings. The number of nitrogens with one attached hydrogen (secondary N) is 1. The predicted molar refractivity (Wildman–Crippen MR) is 160 cm³/mol. The van der Waals surface area contributed by atoms with Gasteiger partial charge in [-0.2, -0.15) is 0 Å². The Labute approximate surface area is 243 Å². The zero-order chi connectivity index (χ0) is 30.2. The SMILES string of the molecule is C=CCOC(=O)c1ccc(NC(=O)/C(=N\OC(CCCC)C(=O)OC)c2ccc3c(c2)C(C)(C)CCC3(C)C)cc1. The van der Waals surface area contributed by atoms with Crippen molar-refractivity contribution in [2.45, 2.75) is 83.7 Å². The van der Waals surface area contributed by atoms with Crippen LogP contribution in [0.15, 0.2) is 60.3 Å². The van der Waals surface area contributed by atoms with Gasteiger partial charge in [0.2, 0.25) is 6.10 Å². The summed E-state index contributed by atoms with van der Waals surface area (Å²) in [6.07, 6.45) is 4.64. The lowest BCUT2D eigenvalue weighted by atomic mass is 9.63. The van der Waals surface area contributed by atoms with Crippen molar-refractivity contribution >= 4 is 29.2 Å². The van der Waals surface area contributed by atoms with Gasteiger partial charge < -0.3 is 19.6 Å². The van der Waals surface area contributed by atoms with Gasteiger partial charge in [0.25, 0.3) is 5.91 Å². The number of benzene rings is 2. The van der Waals surface area contributed by atoms with E-state index < -0.39 is 23.9 Å². The van der Waals surface area contributed by atoms with Crippen molar-refractivity contribution in [2.75, 3.05) is 19.0 Å². The molecule has 0 radical (unpaired) electrons. The Balaban J connectivity index is 1.98. The number of oxime groups is 1. The summed E-state index contributed by atoms with van der Waals surface area (Å²) in [6.45, 7) is 14.5. The first-order valence-corrected chi connectivity index (χ1v) is 14.1. The summed E-state index contributed by atoms with van der Waals surface area (Å²) >= 11 is 0. The minimum Gasteiger partial charge on any atom is -0.466 e. The lowest BCUT2D eigenvalue weighted by Crippen LogP contribution is -2.34. The quantitative estimate of drug-likeness (QED) is 0.138. The van der Waals surface area contributed by atoms with Gasteiger partial charge in [-0.3, -0.25) is 4.79 Å².